The van der Waals surface area contributed by atoms with Crippen molar-refractivity contribution >= 4 is 35.5 Å². The Morgan fingerprint density at radius 3 is 2.41 bits per heavy atom. The van der Waals surface area contributed by atoms with Gasteiger partial charge in [-0.1, -0.05) is 72.3 Å². The van der Waals surface area contributed by atoms with Gasteiger partial charge in [0.25, 0.3) is 0 Å². The summed E-state index contributed by atoms with van der Waals surface area (Å²) in [7, 11) is 0. The van der Waals surface area contributed by atoms with Gasteiger partial charge in [0.2, 0.25) is 0 Å². The molecule has 0 unspecified atom stereocenters. The van der Waals surface area contributed by atoms with Crippen LogP contribution >= 0.6 is 24.2 Å². The molecule has 1 heterocycles. The van der Waals surface area contributed by atoms with E-state index in [1.807, 2.05) is 29.7 Å². The van der Waals surface area contributed by atoms with E-state index in [2.05, 4.69) is 65.7 Å². The average Bonchev–Trinajstić information content (AvgIpc) is 3.01. The Labute approximate surface area is 183 Å². The second kappa shape index (κ2) is 9.53. The van der Waals surface area contributed by atoms with Crippen molar-refractivity contribution in [2.45, 2.75) is 19.4 Å². The second-order valence-electron chi connectivity index (χ2n) is 7.27. The minimum Gasteiger partial charge on any atom is -0.380 e. The Balaban J connectivity index is 1.51. The predicted octanol–water partition coefficient (Wildman–Crippen LogP) is 5.96. The number of halogens is 1. The van der Waals surface area contributed by atoms with Crippen LogP contribution in [0.1, 0.15) is 27.8 Å². The van der Waals surface area contributed by atoms with Crippen LogP contribution in [0.5, 0.6) is 0 Å². The molecule has 1 aliphatic heterocycles. The zero-order chi connectivity index (χ0) is 20.1. The lowest BCUT2D eigenvalue weighted by Crippen LogP contribution is -2.16. The lowest BCUT2D eigenvalue weighted by molar-refractivity contribution is 0.711. The lowest BCUT2D eigenvalue weighted by Gasteiger charge is -2.16. The van der Waals surface area contributed by atoms with Crippen LogP contribution in [0, 0.1) is 0 Å². The van der Waals surface area contributed by atoms with Gasteiger partial charge < -0.3 is 10.6 Å². The van der Waals surface area contributed by atoms with E-state index in [-0.39, 0.29) is 0 Å². The van der Waals surface area contributed by atoms with Gasteiger partial charge in [-0.25, -0.2) is 0 Å². The minimum atomic E-state index is 0.745. The number of anilines is 1. The third-order valence-corrected chi connectivity index (χ3v) is 6.00. The third-order valence-electron chi connectivity index (χ3n) is 5.43. The normalized spacial score (nSPS) is 14.2. The minimum absolute atomic E-state index is 0.745. The molecular formula is C25H25ClN2S. The summed E-state index contributed by atoms with van der Waals surface area (Å²) in [5.41, 5.74) is 8.50. The van der Waals surface area contributed by atoms with Gasteiger partial charge in [0.15, 0.2) is 0 Å². The maximum Gasteiger partial charge on any atom is 0.0640 e. The summed E-state index contributed by atoms with van der Waals surface area (Å²) in [4.78, 5) is 0. The number of fused-ring (bicyclic) bond motifs is 1. The molecule has 0 bridgehead atoms. The zero-order valence-electron chi connectivity index (χ0n) is 16.3. The Morgan fingerprint density at radius 1 is 0.931 bits per heavy atom. The number of thiol groups is 1. The van der Waals surface area contributed by atoms with E-state index in [1.165, 1.54) is 22.3 Å². The molecule has 0 spiro atoms. The molecule has 0 radical (unpaired) electrons. The highest BCUT2D eigenvalue weighted by atomic mass is 35.5. The Bertz CT molecular complexity index is 997. The van der Waals surface area contributed by atoms with E-state index in [4.69, 9.17) is 11.6 Å². The van der Waals surface area contributed by atoms with Crippen LogP contribution < -0.4 is 10.6 Å². The van der Waals surface area contributed by atoms with Crippen LogP contribution in [0.4, 0.5) is 5.69 Å². The average molecular weight is 421 g/mol. The monoisotopic (exact) mass is 420 g/mol. The summed E-state index contributed by atoms with van der Waals surface area (Å²) in [6.07, 6.45) is 2.05. The molecule has 1 aliphatic rings. The van der Waals surface area contributed by atoms with E-state index in [0.29, 0.717) is 0 Å². The number of rotatable bonds is 5. The van der Waals surface area contributed by atoms with Gasteiger partial charge in [-0.3, -0.25) is 0 Å². The smallest absolute Gasteiger partial charge is 0.0640 e. The zero-order valence-corrected chi connectivity index (χ0v) is 17.9. The first-order valence-corrected chi connectivity index (χ1v) is 10.9. The summed E-state index contributed by atoms with van der Waals surface area (Å²) < 4.78 is 0. The Kier molecular flexibility index (Phi) is 6.60. The molecule has 0 fully saturated rings. The van der Waals surface area contributed by atoms with Gasteiger partial charge in [-0.05, 0) is 70.8 Å². The predicted molar refractivity (Wildman–Crippen MR) is 128 cm³/mol. The van der Waals surface area contributed by atoms with Crippen molar-refractivity contribution in [3.05, 3.63) is 105 Å². The third kappa shape index (κ3) is 4.69. The highest BCUT2D eigenvalue weighted by molar-refractivity contribution is 7.83. The number of nitrogens with one attached hydrogen (secondary N) is 2. The van der Waals surface area contributed by atoms with E-state index in [1.54, 1.807) is 0 Å². The molecule has 2 nitrogen and oxygen atoms in total. The van der Waals surface area contributed by atoms with Crippen molar-refractivity contribution < 1.29 is 0 Å². The van der Waals surface area contributed by atoms with E-state index < -0.39 is 0 Å². The van der Waals surface area contributed by atoms with Crippen LogP contribution in [0.2, 0.25) is 5.02 Å². The summed E-state index contributed by atoms with van der Waals surface area (Å²) in [6, 6.07) is 23.2. The van der Waals surface area contributed by atoms with E-state index >= 15 is 0 Å². The Morgan fingerprint density at radius 2 is 1.66 bits per heavy atom. The van der Waals surface area contributed by atoms with Gasteiger partial charge in [0.1, 0.15) is 0 Å². The van der Waals surface area contributed by atoms with E-state index in [0.717, 1.165) is 54.3 Å². The molecule has 0 amide bonds. The van der Waals surface area contributed by atoms with Gasteiger partial charge >= 0.3 is 0 Å². The van der Waals surface area contributed by atoms with Crippen LogP contribution in [0.15, 0.2) is 72.1 Å². The molecule has 3 aromatic rings. The van der Waals surface area contributed by atoms with Crippen LogP contribution in [0.25, 0.3) is 5.57 Å². The molecule has 0 saturated heterocycles. The van der Waals surface area contributed by atoms with Crippen LogP contribution in [0.3, 0.4) is 0 Å². The van der Waals surface area contributed by atoms with Crippen molar-refractivity contribution in [2.75, 3.05) is 18.4 Å². The van der Waals surface area contributed by atoms with Crippen molar-refractivity contribution in [2.24, 2.45) is 0 Å². The molecule has 148 valence electrons. The molecule has 29 heavy (non-hydrogen) atoms. The molecule has 3 aromatic carbocycles. The summed E-state index contributed by atoms with van der Waals surface area (Å²) >= 11 is 11.0. The van der Waals surface area contributed by atoms with Crippen LogP contribution in [-0.4, -0.2) is 13.1 Å². The fourth-order valence-corrected chi connectivity index (χ4v) is 4.40. The number of hydrogen-bond donors (Lipinski definition) is 3. The second-order valence-corrected chi connectivity index (χ2v) is 7.93. The summed E-state index contributed by atoms with van der Waals surface area (Å²) in [6.45, 7) is 2.77. The van der Waals surface area contributed by atoms with Gasteiger partial charge in [0, 0.05) is 6.54 Å². The van der Waals surface area contributed by atoms with Crippen molar-refractivity contribution in [1.82, 2.24) is 5.32 Å². The highest BCUT2D eigenvalue weighted by Crippen LogP contribution is 2.31. The molecule has 2 N–H and O–H groups in total. The molecular weight excluding hydrogens is 396 g/mol. The maximum absolute atomic E-state index is 6.54. The SMILES string of the molecule is S/C=C(/c1ccccc1)c1ccc(CNc2c(Cl)ccc3c2CCNCC3)cc1. The number of benzene rings is 3. The quantitative estimate of drug-likeness (QED) is 0.443. The van der Waals surface area contributed by atoms with Crippen molar-refractivity contribution in [1.29, 1.82) is 0 Å². The molecule has 0 aromatic heterocycles. The van der Waals surface area contributed by atoms with E-state index in [9.17, 15) is 0 Å². The van der Waals surface area contributed by atoms with Gasteiger partial charge in [-0.2, -0.15) is 12.6 Å². The molecule has 0 atom stereocenters. The fraction of sp³-hybridized carbons (Fsp3) is 0.200. The van der Waals surface area contributed by atoms with Crippen molar-refractivity contribution in [3.63, 3.8) is 0 Å². The molecule has 4 rings (SSSR count). The highest BCUT2D eigenvalue weighted by Gasteiger charge is 2.14. The number of hydrogen-bond acceptors (Lipinski definition) is 3. The maximum atomic E-state index is 6.54. The first-order chi connectivity index (χ1) is 14.3. The van der Waals surface area contributed by atoms with Crippen molar-refractivity contribution in [3.8, 4) is 0 Å². The fourth-order valence-electron chi connectivity index (χ4n) is 3.86. The summed E-state index contributed by atoms with van der Waals surface area (Å²) in [5, 5.41) is 9.73. The summed E-state index contributed by atoms with van der Waals surface area (Å²) in [5.74, 6) is 0. The molecule has 4 heteroatoms. The largest absolute Gasteiger partial charge is 0.380 e. The van der Waals surface area contributed by atoms with Gasteiger partial charge in [-0.15, -0.1) is 0 Å². The standard InChI is InChI=1S/C25H25ClN2S/c26-24-11-10-21-12-14-27-15-13-22(21)25(24)28-16-18-6-8-20(9-7-18)23(17-29)19-4-2-1-3-5-19/h1-11,17,27-29H,12-16H2/b23-17-. The lowest BCUT2D eigenvalue weighted by atomic mass is 9.98. The first-order valence-electron chi connectivity index (χ1n) is 10.00. The molecule has 0 aliphatic carbocycles. The van der Waals surface area contributed by atoms with Gasteiger partial charge in [0.05, 0.1) is 10.7 Å². The van der Waals surface area contributed by atoms with Crippen LogP contribution in [-0.2, 0) is 19.4 Å². The first kappa shape index (κ1) is 20.1. The topological polar surface area (TPSA) is 24.1 Å². The Hall–Kier alpha value is -2.20. The molecule has 0 saturated carbocycles.